The summed E-state index contributed by atoms with van der Waals surface area (Å²) in [6, 6.07) is 2.92. The average Bonchev–Trinajstić information content (AvgIpc) is 2.33. The maximum atomic E-state index is 11.5. The molecule has 2 rings (SSSR count). The first-order chi connectivity index (χ1) is 7.74. The number of aromatic hydroxyl groups is 1. The number of pyridine rings is 1. The smallest absolute Gasteiger partial charge is 0.268 e. The zero-order valence-electron chi connectivity index (χ0n) is 9.04. The summed E-state index contributed by atoms with van der Waals surface area (Å²) in [4.78, 5) is 25.7. The van der Waals surface area contributed by atoms with Gasteiger partial charge in [0.25, 0.3) is 5.56 Å². The van der Waals surface area contributed by atoms with Crippen LogP contribution in [0.25, 0.3) is 5.65 Å². The summed E-state index contributed by atoms with van der Waals surface area (Å²) in [5, 5.41) is 9.35. The van der Waals surface area contributed by atoms with Crippen LogP contribution in [-0.2, 0) is 0 Å². The minimum Gasteiger partial charge on any atom is -0.504 e. The highest BCUT2D eigenvalue weighted by Gasteiger charge is 2.05. The summed E-state index contributed by atoms with van der Waals surface area (Å²) in [6.07, 6.45) is 3.02. The second kappa shape index (κ2) is 5.06. The predicted molar refractivity (Wildman–Crippen MR) is 59.9 cm³/mol. The molecule has 5 heteroatoms. The van der Waals surface area contributed by atoms with Crippen LogP contribution in [-0.4, -0.2) is 20.8 Å². The first-order valence-corrected chi connectivity index (χ1v) is 4.88. The van der Waals surface area contributed by atoms with Crippen LogP contribution in [0, 0.1) is 0 Å². The molecule has 0 aliphatic heterocycles. The number of carbonyl (C=O) groups excluding carboxylic acids is 1. The van der Waals surface area contributed by atoms with E-state index in [1.165, 1.54) is 18.3 Å². The van der Waals surface area contributed by atoms with E-state index in [0.29, 0.717) is 6.29 Å². The molecule has 0 aliphatic rings. The minimum absolute atomic E-state index is 0.0342. The van der Waals surface area contributed by atoms with E-state index in [1.807, 2.05) is 13.8 Å². The Labute approximate surface area is 92.0 Å². The fourth-order valence-electron chi connectivity index (χ4n) is 1.19. The predicted octanol–water partition coefficient (Wildman–Crippen LogP) is 1.24. The van der Waals surface area contributed by atoms with Crippen molar-refractivity contribution in [3.05, 3.63) is 40.4 Å². The van der Waals surface area contributed by atoms with Crippen molar-refractivity contribution in [3.8, 4) is 5.75 Å². The Balaban J connectivity index is 0.000000606. The van der Waals surface area contributed by atoms with Crippen molar-refractivity contribution in [2.24, 2.45) is 0 Å². The van der Waals surface area contributed by atoms with Gasteiger partial charge in [-0.15, -0.1) is 0 Å². The quantitative estimate of drug-likeness (QED) is 0.734. The molecule has 2 heterocycles. The van der Waals surface area contributed by atoms with Gasteiger partial charge in [-0.25, -0.2) is 4.98 Å². The monoisotopic (exact) mass is 220 g/mol. The van der Waals surface area contributed by atoms with E-state index < -0.39 is 5.56 Å². The molecule has 5 nitrogen and oxygen atoms in total. The van der Waals surface area contributed by atoms with Crippen molar-refractivity contribution in [2.45, 2.75) is 13.8 Å². The Morgan fingerprint density at radius 1 is 1.44 bits per heavy atom. The van der Waals surface area contributed by atoms with Gasteiger partial charge in [0.15, 0.2) is 17.7 Å². The molecular weight excluding hydrogens is 208 g/mol. The van der Waals surface area contributed by atoms with Gasteiger partial charge in [0.05, 0.1) is 5.56 Å². The molecule has 0 saturated carbocycles. The lowest BCUT2D eigenvalue weighted by Crippen LogP contribution is -2.18. The molecule has 84 valence electrons. The third-order valence-electron chi connectivity index (χ3n) is 1.87. The first kappa shape index (κ1) is 11.9. The van der Waals surface area contributed by atoms with Crippen LogP contribution in [0.2, 0.25) is 0 Å². The Morgan fingerprint density at radius 2 is 2.12 bits per heavy atom. The SMILES string of the molecule is CC.O=Cc1cnc2c(O)cccn2c1=O. The molecule has 0 spiro atoms. The number of aldehydes is 1. The molecule has 1 N–H and O–H groups in total. The molecule has 0 aliphatic carbocycles. The second-order valence-corrected chi connectivity index (χ2v) is 2.72. The summed E-state index contributed by atoms with van der Waals surface area (Å²) in [6.45, 7) is 4.00. The summed E-state index contributed by atoms with van der Waals surface area (Å²) in [5.74, 6) is -0.0953. The molecule has 0 fully saturated rings. The van der Waals surface area contributed by atoms with Gasteiger partial charge in [-0.05, 0) is 12.1 Å². The van der Waals surface area contributed by atoms with E-state index in [1.54, 1.807) is 0 Å². The molecule has 2 aromatic rings. The fraction of sp³-hybridized carbons (Fsp3) is 0.182. The molecule has 0 bridgehead atoms. The van der Waals surface area contributed by atoms with Crippen LogP contribution >= 0.6 is 0 Å². The van der Waals surface area contributed by atoms with Gasteiger partial charge in [0.2, 0.25) is 0 Å². The van der Waals surface area contributed by atoms with Gasteiger partial charge in [0.1, 0.15) is 0 Å². The number of aromatic nitrogens is 2. The van der Waals surface area contributed by atoms with Gasteiger partial charge >= 0.3 is 0 Å². The van der Waals surface area contributed by atoms with E-state index in [0.717, 1.165) is 10.6 Å². The van der Waals surface area contributed by atoms with Crippen molar-refractivity contribution in [1.82, 2.24) is 9.38 Å². The van der Waals surface area contributed by atoms with Crippen LogP contribution in [0.4, 0.5) is 0 Å². The second-order valence-electron chi connectivity index (χ2n) is 2.72. The van der Waals surface area contributed by atoms with Crippen molar-refractivity contribution in [2.75, 3.05) is 0 Å². The highest BCUT2D eigenvalue weighted by Crippen LogP contribution is 2.12. The van der Waals surface area contributed by atoms with Gasteiger partial charge < -0.3 is 5.11 Å². The van der Waals surface area contributed by atoms with Gasteiger partial charge in [-0.3, -0.25) is 14.0 Å². The highest BCUT2D eigenvalue weighted by molar-refractivity contribution is 5.74. The number of hydrogen-bond donors (Lipinski definition) is 1. The Bertz CT molecular complexity index is 561. The van der Waals surface area contributed by atoms with E-state index in [9.17, 15) is 14.7 Å². The third kappa shape index (κ3) is 1.93. The highest BCUT2D eigenvalue weighted by atomic mass is 16.3. The summed E-state index contributed by atoms with van der Waals surface area (Å²) in [7, 11) is 0. The van der Waals surface area contributed by atoms with Gasteiger partial charge in [0, 0.05) is 12.4 Å². The zero-order valence-corrected chi connectivity index (χ0v) is 9.04. The van der Waals surface area contributed by atoms with Crippen LogP contribution in [0.15, 0.2) is 29.3 Å². The molecule has 16 heavy (non-hydrogen) atoms. The van der Waals surface area contributed by atoms with Crippen LogP contribution in [0.3, 0.4) is 0 Å². The lowest BCUT2D eigenvalue weighted by atomic mass is 10.3. The number of nitrogens with zero attached hydrogens (tertiary/aromatic N) is 2. The van der Waals surface area contributed by atoms with E-state index in [4.69, 9.17) is 0 Å². The van der Waals surface area contributed by atoms with E-state index >= 15 is 0 Å². The Kier molecular flexibility index (Phi) is 3.77. The summed E-state index contributed by atoms with van der Waals surface area (Å²) >= 11 is 0. The Hall–Kier alpha value is -2.17. The van der Waals surface area contributed by atoms with Crippen LogP contribution in [0.5, 0.6) is 5.75 Å². The van der Waals surface area contributed by atoms with Crippen molar-refractivity contribution in [3.63, 3.8) is 0 Å². The fourth-order valence-corrected chi connectivity index (χ4v) is 1.19. The molecule has 0 amide bonds. The molecule has 0 saturated heterocycles. The lowest BCUT2D eigenvalue weighted by molar-refractivity contribution is 0.112. The number of hydrogen-bond acceptors (Lipinski definition) is 4. The van der Waals surface area contributed by atoms with Gasteiger partial charge in [-0.1, -0.05) is 13.8 Å². The molecule has 0 unspecified atom stereocenters. The molecule has 0 radical (unpaired) electrons. The molecular formula is C11H12N2O3. The summed E-state index contributed by atoms with van der Waals surface area (Å²) in [5.41, 5.74) is -0.378. The van der Waals surface area contributed by atoms with E-state index in [-0.39, 0.29) is 17.0 Å². The maximum Gasteiger partial charge on any atom is 0.268 e. The molecule has 0 aromatic carbocycles. The summed E-state index contributed by atoms with van der Waals surface area (Å²) < 4.78 is 1.12. The number of fused-ring (bicyclic) bond motifs is 1. The topological polar surface area (TPSA) is 71.7 Å². The average molecular weight is 220 g/mol. The Morgan fingerprint density at radius 3 is 2.75 bits per heavy atom. The first-order valence-electron chi connectivity index (χ1n) is 4.88. The van der Waals surface area contributed by atoms with Crippen LogP contribution < -0.4 is 5.56 Å². The van der Waals surface area contributed by atoms with Crippen molar-refractivity contribution >= 4 is 11.9 Å². The maximum absolute atomic E-state index is 11.5. The molecule has 2 aromatic heterocycles. The number of rotatable bonds is 1. The van der Waals surface area contributed by atoms with Crippen molar-refractivity contribution in [1.29, 1.82) is 0 Å². The van der Waals surface area contributed by atoms with E-state index in [2.05, 4.69) is 4.98 Å². The van der Waals surface area contributed by atoms with Crippen molar-refractivity contribution < 1.29 is 9.90 Å². The molecule has 0 atom stereocenters. The minimum atomic E-state index is -0.485. The normalized spacial score (nSPS) is 9.38. The third-order valence-corrected chi connectivity index (χ3v) is 1.87. The standard InChI is InChI=1S/C9H6N2O3.C2H6/c12-5-6-4-10-8-7(13)2-1-3-11(8)9(6)14;1-2/h1-5,13H;1-2H3. The lowest BCUT2D eigenvalue weighted by Gasteiger charge is -2.01. The largest absolute Gasteiger partial charge is 0.504 e. The zero-order chi connectivity index (χ0) is 12.1. The van der Waals surface area contributed by atoms with Gasteiger partial charge in [-0.2, -0.15) is 0 Å². The number of carbonyl (C=O) groups is 1. The van der Waals surface area contributed by atoms with Crippen LogP contribution in [0.1, 0.15) is 24.2 Å².